The molecule has 2 aromatic rings. The number of aliphatic carboxylic acids is 1. The fourth-order valence-corrected chi connectivity index (χ4v) is 2.48. The van der Waals surface area contributed by atoms with Crippen LogP contribution >= 0.6 is 0 Å². The van der Waals surface area contributed by atoms with E-state index >= 15 is 0 Å². The Morgan fingerprint density at radius 3 is 2.58 bits per heavy atom. The van der Waals surface area contributed by atoms with Gasteiger partial charge in [-0.05, 0) is 25.5 Å². The second kappa shape index (κ2) is 7.59. The highest BCUT2D eigenvalue weighted by Gasteiger charge is 2.31. The Labute approximate surface area is 147 Å². The number of aryl methyl sites for hydroxylation is 1. The average molecular weight is 369 g/mol. The Bertz CT molecular complexity index is 815. The summed E-state index contributed by atoms with van der Waals surface area (Å²) in [5.41, 5.74) is -0.293. The lowest BCUT2D eigenvalue weighted by Gasteiger charge is -2.18. The smallest absolute Gasteiger partial charge is 0.416 e. The van der Waals surface area contributed by atoms with Crippen molar-refractivity contribution in [2.75, 3.05) is 13.1 Å². The maximum Gasteiger partial charge on any atom is 0.416 e. The predicted molar refractivity (Wildman–Crippen MR) is 87.6 cm³/mol. The second-order valence-electron chi connectivity index (χ2n) is 5.76. The van der Waals surface area contributed by atoms with E-state index in [1.165, 1.54) is 12.1 Å². The molecule has 0 spiro atoms. The molecule has 2 rings (SSSR count). The molecule has 1 aromatic heterocycles. The maximum absolute atomic E-state index is 12.9. The van der Waals surface area contributed by atoms with Gasteiger partial charge in [-0.25, -0.2) is 4.98 Å². The van der Waals surface area contributed by atoms with Crippen LogP contribution in [0.3, 0.4) is 0 Å². The fraction of sp³-hybridized carbons (Fsp3) is 0.353. The lowest BCUT2D eigenvalue weighted by atomic mass is 10.1. The van der Waals surface area contributed by atoms with E-state index in [0.717, 1.165) is 17.0 Å². The molecule has 26 heavy (non-hydrogen) atoms. The van der Waals surface area contributed by atoms with Gasteiger partial charge >= 0.3 is 12.1 Å². The first-order chi connectivity index (χ1) is 12.1. The predicted octanol–water partition coefficient (Wildman–Crippen LogP) is 3.34. The zero-order valence-corrected chi connectivity index (χ0v) is 14.2. The summed E-state index contributed by atoms with van der Waals surface area (Å²) in [6.45, 7) is 3.12. The number of H-pyrrole nitrogens is 1. The van der Waals surface area contributed by atoms with Gasteiger partial charge in [0.15, 0.2) is 0 Å². The summed E-state index contributed by atoms with van der Waals surface area (Å²) in [5.74, 6) is -1.62. The third kappa shape index (κ3) is 4.41. The van der Waals surface area contributed by atoms with E-state index in [9.17, 15) is 22.8 Å². The van der Waals surface area contributed by atoms with Crippen LogP contribution in [0.25, 0.3) is 11.4 Å². The number of hydrogen-bond acceptors (Lipinski definition) is 3. The van der Waals surface area contributed by atoms with Crippen molar-refractivity contribution in [1.29, 1.82) is 0 Å². The van der Waals surface area contributed by atoms with Crippen molar-refractivity contribution in [3.05, 3.63) is 41.2 Å². The van der Waals surface area contributed by atoms with Crippen LogP contribution in [-0.2, 0) is 11.0 Å². The van der Waals surface area contributed by atoms with E-state index in [2.05, 4.69) is 9.97 Å². The van der Waals surface area contributed by atoms with Crippen molar-refractivity contribution < 1.29 is 27.9 Å². The number of carbonyl (C=O) groups is 2. The molecule has 0 bridgehead atoms. The molecule has 140 valence electrons. The molecule has 2 N–H and O–H groups in total. The topological polar surface area (TPSA) is 86.3 Å². The third-order valence-corrected chi connectivity index (χ3v) is 3.66. The van der Waals surface area contributed by atoms with E-state index in [4.69, 9.17) is 5.11 Å². The number of amides is 1. The van der Waals surface area contributed by atoms with E-state index < -0.39 is 30.2 Å². The van der Waals surface area contributed by atoms with Crippen molar-refractivity contribution >= 4 is 11.9 Å². The van der Waals surface area contributed by atoms with Crippen LogP contribution in [-0.4, -0.2) is 44.9 Å². The Hall–Kier alpha value is -2.84. The number of aromatic amines is 1. The zero-order chi connectivity index (χ0) is 19.5. The van der Waals surface area contributed by atoms with Crippen molar-refractivity contribution in [3.8, 4) is 11.4 Å². The van der Waals surface area contributed by atoms with Gasteiger partial charge < -0.3 is 15.0 Å². The first-order valence-corrected chi connectivity index (χ1v) is 7.88. The second-order valence-corrected chi connectivity index (χ2v) is 5.76. The number of alkyl halides is 3. The number of carboxylic acids is 1. The maximum atomic E-state index is 12.9. The Morgan fingerprint density at radius 2 is 2.00 bits per heavy atom. The molecule has 1 heterocycles. The number of benzene rings is 1. The van der Waals surface area contributed by atoms with Crippen molar-refractivity contribution in [3.63, 3.8) is 0 Å². The molecule has 0 saturated heterocycles. The molecule has 0 aliphatic heterocycles. The van der Waals surface area contributed by atoms with Gasteiger partial charge in [-0.3, -0.25) is 9.59 Å². The number of carboxylic acid groups (broad SMARTS) is 1. The molecule has 1 aromatic carbocycles. The number of rotatable bonds is 6. The van der Waals surface area contributed by atoms with Gasteiger partial charge in [-0.15, -0.1) is 0 Å². The summed E-state index contributed by atoms with van der Waals surface area (Å²) >= 11 is 0. The average Bonchev–Trinajstić information content (AvgIpc) is 2.94. The molecular weight excluding hydrogens is 351 g/mol. The van der Waals surface area contributed by atoms with Gasteiger partial charge in [0.2, 0.25) is 0 Å². The lowest BCUT2D eigenvalue weighted by Crippen LogP contribution is -2.36. The van der Waals surface area contributed by atoms with Gasteiger partial charge in [-0.1, -0.05) is 19.1 Å². The van der Waals surface area contributed by atoms with Crippen LogP contribution in [0.1, 0.15) is 35.1 Å². The number of hydrogen-bond donors (Lipinski definition) is 2. The number of nitrogens with zero attached hydrogens (tertiary/aromatic N) is 2. The molecule has 0 radical (unpaired) electrons. The van der Waals surface area contributed by atoms with Crippen LogP contribution < -0.4 is 0 Å². The molecule has 0 saturated carbocycles. The number of halogens is 3. The largest absolute Gasteiger partial charge is 0.480 e. The number of carbonyl (C=O) groups excluding carboxylic acids is 1. The highest BCUT2D eigenvalue weighted by Crippen LogP contribution is 2.31. The molecule has 0 aliphatic rings. The highest BCUT2D eigenvalue weighted by atomic mass is 19.4. The minimum atomic E-state index is -4.49. The molecular formula is C17H18F3N3O3. The van der Waals surface area contributed by atoms with Crippen LogP contribution in [0, 0.1) is 6.92 Å². The first-order valence-electron chi connectivity index (χ1n) is 7.88. The van der Waals surface area contributed by atoms with E-state index in [-0.39, 0.29) is 23.6 Å². The highest BCUT2D eigenvalue weighted by molar-refractivity contribution is 5.95. The third-order valence-electron chi connectivity index (χ3n) is 3.66. The molecule has 1 amide bonds. The zero-order valence-electron chi connectivity index (χ0n) is 14.2. The van der Waals surface area contributed by atoms with E-state index in [0.29, 0.717) is 12.1 Å². The molecule has 0 aliphatic carbocycles. The molecule has 0 atom stereocenters. The summed E-state index contributed by atoms with van der Waals surface area (Å²) in [5, 5.41) is 8.94. The lowest BCUT2D eigenvalue weighted by molar-refractivity contribution is -0.138. The van der Waals surface area contributed by atoms with Crippen LogP contribution in [0.2, 0.25) is 0 Å². The monoisotopic (exact) mass is 369 g/mol. The van der Waals surface area contributed by atoms with Gasteiger partial charge in [0.1, 0.15) is 18.1 Å². The Morgan fingerprint density at radius 1 is 1.31 bits per heavy atom. The minimum absolute atomic E-state index is 0.00730. The summed E-state index contributed by atoms with van der Waals surface area (Å²) < 4.78 is 38.6. The normalized spacial score (nSPS) is 11.4. The van der Waals surface area contributed by atoms with Gasteiger partial charge in [0.05, 0.1) is 5.56 Å². The van der Waals surface area contributed by atoms with Crippen LogP contribution in [0.15, 0.2) is 24.3 Å². The van der Waals surface area contributed by atoms with E-state index in [1.807, 2.05) is 0 Å². The standard InChI is InChI=1S/C17H18F3N3O3/c1-3-7-23(9-13(24)25)16(26)14-10(2)21-15(22-14)11-5-4-6-12(8-11)17(18,19)20/h4-6,8H,3,7,9H2,1-2H3,(H,21,22)(H,24,25). The summed E-state index contributed by atoms with van der Waals surface area (Å²) in [6, 6.07) is 4.59. The fourth-order valence-electron chi connectivity index (χ4n) is 2.48. The number of imidazole rings is 1. The van der Waals surface area contributed by atoms with E-state index in [1.54, 1.807) is 13.8 Å². The van der Waals surface area contributed by atoms with Gasteiger partial charge in [0.25, 0.3) is 5.91 Å². The summed E-state index contributed by atoms with van der Waals surface area (Å²) in [7, 11) is 0. The molecule has 9 heteroatoms. The van der Waals surface area contributed by atoms with Crippen molar-refractivity contribution in [1.82, 2.24) is 14.9 Å². The molecule has 6 nitrogen and oxygen atoms in total. The first kappa shape index (κ1) is 19.5. The van der Waals surface area contributed by atoms with Gasteiger partial charge in [-0.2, -0.15) is 13.2 Å². The number of aromatic nitrogens is 2. The minimum Gasteiger partial charge on any atom is -0.480 e. The van der Waals surface area contributed by atoms with Crippen molar-refractivity contribution in [2.45, 2.75) is 26.4 Å². The van der Waals surface area contributed by atoms with Crippen LogP contribution in [0.5, 0.6) is 0 Å². The summed E-state index contributed by atoms with van der Waals surface area (Å²) in [6.07, 6.45) is -3.93. The molecule has 0 fully saturated rings. The molecule has 0 unspecified atom stereocenters. The Kier molecular flexibility index (Phi) is 5.69. The Balaban J connectivity index is 2.37. The summed E-state index contributed by atoms with van der Waals surface area (Å²) in [4.78, 5) is 31.5. The quantitative estimate of drug-likeness (QED) is 0.818. The van der Waals surface area contributed by atoms with Crippen LogP contribution in [0.4, 0.5) is 13.2 Å². The van der Waals surface area contributed by atoms with Gasteiger partial charge in [0, 0.05) is 17.8 Å². The number of nitrogens with one attached hydrogen (secondary N) is 1. The SMILES string of the molecule is CCCN(CC(=O)O)C(=O)c1nc(-c2cccc(C(F)(F)F)c2)[nH]c1C. The van der Waals surface area contributed by atoms with Crippen molar-refractivity contribution in [2.24, 2.45) is 0 Å².